The maximum atomic E-state index is 13.3. The lowest BCUT2D eigenvalue weighted by atomic mass is 9.75. The molecule has 104 valence electrons. The third-order valence-corrected chi connectivity index (χ3v) is 4.30. The second-order valence-electron chi connectivity index (χ2n) is 5.60. The maximum absolute atomic E-state index is 13.3. The molecule has 1 aliphatic rings. The van der Waals surface area contributed by atoms with E-state index in [0.29, 0.717) is 18.9 Å². The molecule has 0 amide bonds. The van der Waals surface area contributed by atoms with Crippen LogP contribution in [0, 0.1) is 24.6 Å². The number of nitrogens with two attached hydrogens (primary N) is 1. The average molecular weight is 263 g/mol. The Morgan fingerprint density at radius 1 is 1.37 bits per heavy atom. The lowest BCUT2D eigenvalue weighted by Gasteiger charge is -2.29. The van der Waals surface area contributed by atoms with Crippen LogP contribution in [0.2, 0.25) is 0 Å². The number of halogens is 1. The first kappa shape index (κ1) is 14.2. The number of carbonyl (C=O) groups excluding carboxylic acids is 1. The molecule has 2 nitrogen and oxygen atoms in total. The van der Waals surface area contributed by atoms with Gasteiger partial charge in [0.05, 0.1) is 0 Å². The normalized spacial score (nSPS) is 23.3. The molecule has 0 spiro atoms. The van der Waals surface area contributed by atoms with Gasteiger partial charge >= 0.3 is 0 Å². The number of hydrogen-bond donors (Lipinski definition) is 1. The third kappa shape index (κ3) is 3.41. The van der Waals surface area contributed by atoms with E-state index in [-0.39, 0.29) is 17.5 Å². The summed E-state index contributed by atoms with van der Waals surface area (Å²) in [5.41, 5.74) is 7.56. The van der Waals surface area contributed by atoms with Gasteiger partial charge in [-0.15, -0.1) is 0 Å². The van der Waals surface area contributed by atoms with E-state index in [1.807, 2.05) is 6.92 Å². The zero-order valence-corrected chi connectivity index (χ0v) is 11.5. The second-order valence-corrected chi connectivity index (χ2v) is 5.60. The summed E-state index contributed by atoms with van der Waals surface area (Å²) in [6, 6.07) is 4.65. The molecule has 1 fully saturated rings. The molecular weight excluding hydrogens is 241 g/mol. The summed E-state index contributed by atoms with van der Waals surface area (Å²) in [4.78, 5) is 12.4. The van der Waals surface area contributed by atoms with Crippen molar-refractivity contribution in [3.05, 3.63) is 35.1 Å². The highest BCUT2D eigenvalue weighted by Crippen LogP contribution is 2.31. The topological polar surface area (TPSA) is 43.1 Å². The zero-order chi connectivity index (χ0) is 13.8. The van der Waals surface area contributed by atoms with Crippen molar-refractivity contribution < 1.29 is 9.18 Å². The van der Waals surface area contributed by atoms with Gasteiger partial charge in [-0.25, -0.2) is 4.39 Å². The first-order valence-corrected chi connectivity index (χ1v) is 7.09. The van der Waals surface area contributed by atoms with E-state index in [0.717, 1.165) is 30.4 Å². The van der Waals surface area contributed by atoms with Crippen LogP contribution in [0.3, 0.4) is 0 Å². The van der Waals surface area contributed by atoms with Crippen LogP contribution < -0.4 is 5.73 Å². The number of rotatable bonds is 4. The summed E-state index contributed by atoms with van der Waals surface area (Å²) in [6.45, 7) is 2.50. The van der Waals surface area contributed by atoms with Crippen molar-refractivity contribution in [1.82, 2.24) is 0 Å². The monoisotopic (exact) mass is 263 g/mol. The minimum atomic E-state index is -0.271. The summed E-state index contributed by atoms with van der Waals surface area (Å²) < 4.78 is 13.3. The van der Waals surface area contributed by atoms with Gasteiger partial charge in [-0.2, -0.15) is 0 Å². The van der Waals surface area contributed by atoms with Gasteiger partial charge in [0, 0.05) is 12.3 Å². The van der Waals surface area contributed by atoms with E-state index in [4.69, 9.17) is 5.73 Å². The van der Waals surface area contributed by atoms with Crippen molar-refractivity contribution in [2.75, 3.05) is 6.54 Å². The SMILES string of the molecule is Cc1ccc(F)cc1CC(=O)C1CCCCC1CN. The molecular formula is C16H22FNO. The Hall–Kier alpha value is -1.22. The van der Waals surface area contributed by atoms with Crippen molar-refractivity contribution in [1.29, 1.82) is 0 Å². The van der Waals surface area contributed by atoms with E-state index in [9.17, 15) is 9.18 Å². The Kier molecular flexibility index (Phi) is 4.70. The van der Waals surface area contributed by atoms with Crippen molar-refractivity contribution in [3.8, 4) is 0 Å². The minimum absolute atomic E-state index is 0.0708. The highest BCUT2D eigenvalue weighted by molar-refractivity contribution is 5.84. The Balaban J connectivity index is 2.09. The molecule has 0 aromatic heterocycles. The molecule has 1 aromatic rings. The molecule has 0 heterocycles. The molecule has 1 aliphatic carbocycles. The average Bonchev–Trinajstić information content (AvgIpc) is 2.42. The molecule has 19 heavy (non-hydrogen) atoms. The quantitative estimate of drug-likeness (QED) is 0.907. The fraction of sp³-hybridized carbons (Fsp3) is 0.562. The molecule has 0 bridgehead atoms. The van der Waals surface area contributed by atoms with Gasteiger partial charge < -0.3 is 5.73 Å². The standard InChI is InChI=1S/C16H22FNO/c1-11-6-7-14(17)8-13(11)9-16(19)15-5-3-2-4-12(15)10-18/h6-8,12,15H,2-5,9-10,18H2,1H3. The van der Waals surface area contributed by atoms with Crippen LogP contribution in [0.4, 0.5) is 4.39 Å². The van der Waals surface area contributed by atoms with Crippen LogP contribution in [0.15, 0.2) is 18.2 Å². The first-order valence-electron chi connectivity index (χ1n) is 7.09. The van der Waals surface area contributed by atoms with Crippen LogP contribution in [0.25, 0.3) is 0 Å². The zero-order valence-electron chi connectivity index (χ0n) is 11.5. The Bertz CT molecular complexity index is 458. The lowest BCUT2D eigenvalue weighted by Crippen LogP contribution is -2.33. The molecule has 1 aromatic carbocycles. The molecule has 2 rings (SSSR count). The third-order valence-electron chi connectivity index (χ3n) is 4.30. The highest BCUT2D eigenvalue weighted by Gasteiger charge is 2.29. The molecule has 0 saturated heterocycles. The van der Waals surface area contributed by atoms with E-state index in [1.165, 1.54) is 18.6 Å². The predicted molar refractivity (Wildman–Crippen MR) is 74.4 cm³/mol. The summed E-state index contributed by atoms with van der Waals surface area (Å²) in [5, 5.41) is 0. The summed E-state index contributed by atoms with van der Waals surface area (Å²) in [5.74, 6) is 0.341. The van der Waals surface area contributed by atoms with Crippen LogP contribution in [-0.2, 0) is 11.2 Å². The van der Waals surface area contributed by atoms with Gasteiger partial charge in [-0.05, 0) is 55.5 Å². The smallest absolute Gasteiger partial charge is 0.140 e. The first-order chi connectivity index (χ1) is 9.11. The number of hydrogen-bond acceptors (Lipinski definition) is 2. The lowest BCUT2D eigenvalue weighted by molar-refractivity contribution is -0.124. The van der Waals surface area contributed by atoms with Gasteiger partial charge in [0.25, 0.3) is 0 Å². The fourth-order valence-corrected chi connectivity index (χ4v) is 3.06. The van der Waals surface area contributed by atoms with Crippen molar-refractivity contribution in [2.24, 2.45) is 17.6 Å². The van der Waals surface area contributed by atoms with Crippen LogP contribution in [0.5, 0.6) is 0 Å². The van der Waals surface area contributed by atoms with Crippen LogP contribution >= 0.6 is 0 Å². The number of Topliss-reactive ketones (excluding diaryl/α,β-unsaturated/α-hetero) is 1. The predicted octanol–water partition coefficient (Wildman–Crippen LogP) is 3.01. The highest BCUT2D eigenvalue weighted by atomic mass is 19.1. The Labute approximate surface area is 114 Å². The Morgan fingerprint density at radius 3 is 2.84 bits per heavy atom. The van der Waals surface area contributed by atoms with Crippen molar-refractivity contribution in [2.45, 2.75) is 39.0 Å². The van der Waals surface area contributed by atoms with E-state index < -0.39 is 0 Å². The van der Waals surface area contributed by atoms with E-state index >= 15 is 0 Å². The summed E-state index contributed by atoms with van der Waals surface area (Å²) in [7, 11) is 0. The van der Waals surface area contributed by atoms with Gasteiger partial charge in [0.1, 0.15) is 11.6 Å². The van der Waals surface area contributed by atoms with E-state index in [1.54, 1.807) is 6.07 Å². The van der Waals surface area contributed by atoms with Crippen molar-refractivity contribution >= 4 is 5.78 Å². The van der Waals surface area contributed by atoms with Gasteiger partial charge in [-0.3, -0.25) is 4.79 Å². The number of benzene rings is 1. The largest absolute Gasteiger partial charge is 0.330 e. The number of ketones is 1. The molecule has 2 unspecified atom stereocenters. The number of aryl methyl sites for hydroxylation is 1. The maximum Gasteiger partial charge on any atom is 0.140 e. The van der Waals surface area contributed by atoms with Crippen molar-refractivity contribution in [3.63, 3.8) is 0 Å². The number of carbonyl (C=O) groups is 1. The summed E-state index contributed by atoms with van der Waals surface area (Å²) in [6.07, 6.45) is 4.61. The van der Waals surface area contributed by atoms with Crippen LogP contribution in [0.1, 0.15) is 36.8 Å². The molecule has 3 heteroatoms. The molecule has 1 saturated carbocycles. The van der Waals surface area contributed by atoms with Gasteiger partial charge in [-0.1, -0.05) is 18.9 Å². The molecule has 0 radical (unpaired) electrons. The summed E-state index contributed by atoms with van der Waals surface area (Å²) >= 11 is 0. The molecule has 2 atom stereocenters. The Morgan fingerprint density at radius 2 is 2.11 bits per heavy atom. The molecule has 0 aliphatic heterocycles. The second kappa shape index (κ2) is 6.29. The van der Waals surface area contributed by atoms with Crippen LogP contribution in [-0.4, -0.2) is 12.3 Å². The molecule has 2 N–H and O–H groups in total. The minimum Gasteiger partial charge on any atom is -0.330 e. The fourth-order valence-electron chi connectivity index (χ4n) is 3.06. The van der Waals surface area contributed by atoms with Gasteiger partial charge in [0.15, 0.2) is 0 Å². The van der Waals surface area contributed by atoms with Gasteiger partial charge in [0.2, 0.25) is 0 Å². The van der Waals surface area contributed by atoms with E-state index in [2.05, 4.69) is 0 Å².